The van der Waals surface area contributed by atoms with Gasteiger partial charge in [-0.25, -0.2) is 4.98 Å². The summed E-state index contributed by atoms with van der Waals surface area (Å²) in [4.78, 5) is 17.9. The van der Waals surface area contributed by atoms with Gasteiger partial charge in [0.2, 0.25) is 0 Å². The van der Waals surface area contributed by atoms with E-state index in [4.69, 9.17) is 4.74 Å². The second-order valence-electron chi connectivity index (χ2n) is 5.53. The summed E-state index contributed by atoms with van der Waals surface area (Å²) in [5, 5.41) is 7.65. The molecule has 122 valence electrons. The molecule has 3 aromatic rings. The first kappa shape index (κ1) is 15.5. The average molecular weight is 356 g/mol. The van der Waals surface area contributed by atoms with E-state index in [1.807, 2.05) is 29.6 Å². The van der Waals surface area contributed by atoms with E-state index in [1.165, 1.54) is 22.5 Å². The highest BCUT2D eigenvalue weighted by Gasteiger charge is 2.21. The monoisotopic (exact) mass is 356 g/mol. The van der Waals surface area contributed by atoms with E-state index in [1.54, 1.807) is 16.7 Å². The molecule has 1 N–H and O–H groups in total. The Labute approximate surface area is 148 Å². The maximum Gasteiger partial charge on any atom is 0.270 e. The maximum absolute atomic E-state index is 12.4. The first-order valence-corrected chi connectivity index (χ1v) is 9.54. The molecular weight excluding hydrogens is 340 g/mol. The lowest BCUT2D eigenvalue weighted by molar-refractivity contribution is 0.0411. The number of rotatable bonds is 4. The van der Waals surface area contributed by atoms with Gasteiger partial charge < -0.3 is 10.1 Å². The number of fused-ring (bicyclic) bond motifs is 1. The number of amides is 1. The third kappa shape index (κ3) is 3.13. The van der Waals surface area contributed by atoms with Crippen molar-refractivity contribution in [3.8, 4) is 9.88 Å². The largest absolute Gasteiger partial charge is 0.371 e. The Morgan fingerprint density at radius 3 is 3.04 bits per heavy atom. The van der Waals surface area contributed by atoms with Crippen molar-refractivity contribution in [3.63, 3.8) is 0 Å². The summed E-state index contributed by atoms with van der Waals surface area (Å²) < 4.78 is 5.82. The summed E-state index contributed by atoms with van der Waals surface area (Å²) in [7, 11) is 0. The van der Waals surface area contributed by atoms with E-state index in [9.17, 15) is 4.79 Å². The summed E-state index contributed by atoms with van der Waals surface area (Å²) in [6, 6.07) is 12.2. The summed E-state index contributed by atoms with van der Waals surface area (Å²) >= 11 is 3.12. The minimum absolute atomic E-state index is 0.0886. The predicted octanol–water partition coefficient (Wildman–Crippen LogP) is 3.92. The van der Waals surface area contributed by atoms with Gasteiger partial charge in [0.1, 0.15) is 16.8 Å². The number of nitrogens with one attached hydrogen (secondary N) is 1. The van der Waals surface area contributed by atoms with Crippen LogP contribution in [0.2, 0.25) is 0 Å². The van der Waals surface area contributed by atoms with Gasteiger partial charge in [0.15, 0.2) is 0 Å². The number of hydrogen-bond acceptors (Lipinski definition) is 5. The number of carbonyl (C=O) groups excluding carboxylic acids is 1. The molecule has 4 rings (SSSR count). The van der Waals surface area contributed by atoms with Crippen molar-refractivity contribution in [2.45, 2.75) is 12.5 Å². The summed E-state index contributed by atoms with van der Waals surface area (Å²) in [6.45, 7) is 1.15. The molecule has 1 amide bonds. The lowest BCUT2D eigenvalue weighted by Gasteiger charge is -2.26. The van der Waals surface area contributed by atoms with E-state index in [2.05, 4.69) is 22.4 Å². The number of nitrogens with zero attached hydrogens (tertiary/aromatic N) is 1. The molecular formula is C18H16N2O2S2. The third-order valence-corrected chi connectivity index (χ3v) is 5.89. The Morgan fingerprint density at radius 1 is 1.25 bits per heavy atom. The van der Waals surface area contributed by atoms with Gasteiger partial charge in [-0.1, -0.05) is 30.3 Å². The van der Waals surface area contributed by atoms with Crippen LogP contribution in [0.15, 0.2) is 47.2 Å². The molecule has 1 atom stereocenters. The first-order valence-electron chi connectivity index (χ1n) is 7.78. The molecule has 0 spiro atoms. The van der Waals surface area contributed by atoms with Crippen LogP contribution in [0, 0.1) is 0 Å². The molecule has 2 aromatic heterocycles. The van der Waals surface area contributed by atoms with E-state index < -0.39 is 0 Å². The van der Waals surface area contributed by atoms with Gasteiger partial charge in [-0.2, -0.15) is 0 Å². The van der Waals surface area contributed by atoms with Crippen LogP contribution in [-0.4, -0.2) is 24.0 Å². The first-order chi connectivity index (χ1) is 11.8. The predicted molar refractivity (Wildman–Crippen MR) is 96.6 cm³/mol. The summed E-state index contributed by atoms with van der Waals surface area (Å²) in [5.74, 6) is -0.152. The highest BCUT2D eigenvalue weighted by Crippen LogP contribution is 2.28. The van der Waals surface area contributed by atoms with E-state index in [0.717, 1.165) is 16.3 Å². The smallest absolute Gasteiger partial charge is 0.270 e. The van der Waals surface area contributed by atoms with Crippen molar-refractivity contribution in [2.24, 2.45) is 0 Å². The molecule has 0 saturated heterocycles. The lowest BCUT2D eigenvalue weighted by atomic mass is 9.97. The number of thiophene rings is 1. The summed E-state index contributed by atoms with van der Waals surface area (Å²) in [6.07, 6.45) is 0.839. The van der Waals surface area contributed by atoms with Crippen LogP contribution in [0.25, 0.3) is 9.88 Å². The van der Waals surface area contributed by atoms with Crippen LogP contribution in [-0.2, 0) is 11.2 Å². The van der Waals surface area contributed by atoms with Crippen molar-refractivity contribution in [1.29, 1.82) is 0 Å². The highest BCUT2D eigenvalue weighted by molar-refractivity contribution is 7.20. The molecule has 0 radical (unpaired) electrons. The standard InChI is InChI=1S/C18H16N2O2S2/c21-17(14-11-24-18(20-14)16-6-3-9-23-16)19-10-15-13-5-2-1-4-12(13)7-8-22-15/h1-6,9,11,15H,7-8,10H2,(H,19,21)/t15-/m1/s1. The van der Waals surface area contributed by atoms with Gasteiger partial charge >= 0.3 is 0 Å². The van der Waals surface area contributed by atoms with E-state index in [0.29, 0.717) is 18.8 Å². The molecule has 3 heterocycles. The van der Waals surface area contributed by atoms with E-state index in [-0.39, 0.29) is 12.0 Å². The van der Waals surface area contributed by atoms with Crippen molar-refractivity contribution in [3.05, 3.63) is 64.0 Å². The Balaban J connectivity index is 1.43. The van der Waals surface area contributed by atoms with Crippen LogP contribution in [0.3, 0.4) is 0 Å². The van der Waals surface area contributed by atoms with Crippen LogP contribution in [0.5, 0.6) is 0 Å². The quantitative estimate of drug-likeness (QED) is 0.771. The number of thiazole rings is 1. The van der Waals surface area contributed by atoms with Gasteiger partial charge in [-0.3, -0.25) is 4.79 Å². The fraction of sp³-hybridized carbons (Fsp3) is 0.222. The van der Waals surface area contributed by atoms with Crippen molar-refractivity contribution >= 4 is 28.6 Å². The second-order valence-corrected chi connectivity index (χ2v) is 7.34. The van der Waals surface area contributed by atoms with Crippen LogP contribution in [0.4, 0.5) is 0 Å². The Kier molecular flexibility index (Phi) is 4.42. The zero-order valence-corrected chi connectivity index (χ0v) is 14.5. The van der Waals surface area contributed by atoms with Crippen LogP contribution >= 0.6 is 22.7 Å². The fourth-order valence-electron chi connectivity index (χ4n) is 2.81. The fourth-order valence-corrected chi connectivity index (χ4v) is 4.43. The molecule has 0 aliphatic carbocycles. The molecule has 4 nitrogen and oxygen atoms in total. The van der Waals surface area contributed by atoms with Crippen LogP contribution < -0.4 is 5.32 Å². The van der Waals surface area contributed by atoms with Gasteiger partial charge in [0.05, 0.1) is 11.5 Å². The topological polar surface area (TPSA) is 51.2 Å². The molecule has 0 saturated carbocycles. The van der Waals surface area contributed by atoms with Crippen molar-refractivity contribution in [2.75, 3.05) is 13.2 Å². The molecule has 0 bridgehead atoms. The number of ether oxygens (including phenoxy) is 1. The highest BCUT2D eigenvalue weighted by atomic mass is 32.1. The van der Waals surface area contributed by atoms with E-state index >= 15 is 0 Å². The minimum atomic E-state index is -0.152. The van der Waals surface area contributed by atoms with Gasteiger partial charge in [0.25, 0.3) is 5.91 Å². The number of hydrogen-bond donors (Lipinski definition) is 1. The number of carbonyl (C=O) groups is 1. The molecule has 0 fully saturated rings. The van der Waals surface area contributed by atoms with Crippen molar-refractivity contribution in [1.82, 2.24) is 10.3 Å². The molecule has 1 aliphatic rings. The lowest BCUT2D eigenvalue weighted by Crippen LogP contribution is -2.32. The molecule has 1 aliphatic heterocycles. The Bertz CT molecular complexity index is 842. The minimum Gasteiger partial charge on any atom is -0.371 e. The second kappa shape index (κ2) is 6.84. The molecule has 24 heavy (non-hydrogen) atoms. The van der Waals surface area contributed by atoms with Gasteiger partial charge in [0, 0.05) is 11.9 Å². The van der Waals surface area contributed by atoms with Crippen LogP contribution in [0.1, 0.15) is 27.7 Å². The Hall–Kier alpha value is -2.02. The number of aromatic nitrogens is 1. The average Bonchev–Trinajstić information content (AvgIpc) is 3.30. The number of benzene rings is 1. The molecule has 0 unspecified atom stereocenters. The van der Waals surface area contributed by atoms with Crippen molar-refractivity contribution < 1.29 is 9.53 Å². The van der Waals surface area contributed by atoms with Gasteiger partial charge in [-0.05, 0) is 29.0 Å². The zero-order chi connectivity index (χ0) is 16.4. The third-order valence-electron chi connectivity index (χ3n) is 4.01. The molecule has 6 heteroatoms. The Morgan fingerprint density at radius 2 is 2.17 bits per heavy atom. The normalized spacial score (nSPS) is 16.6. The zero-order valence-electron chi connectivity index (χ0n) is 12.9. The van der Waals surface area contributed by atoms with Gasteiger partial charge in [-0.15, -0.1) is 22.7 Å². The maximum atomic E-state index is 12.4. The SMILES string of the molecule is O=C(NC[C@H]1OCCc2ccccc21)c1csc(-c2cccs2)n1. The molecule has 1 aromatic carbocycles. The summed E-state index contributed by atoms with van der Waals surface area (Å²) in [5.41, 5.74) is 2.94.